The minimum absolute atomic E-state index is 0.0588. The minimum atomic E-state index is -0.546. The second-order valence-electron chi connectivity index (χ2n) is 6.01. The van der Waals surface area contributed by atoms with Gasteiger partial charge in [-0.05, 0) is 42.5 Å². The van der Waals surface area contributed by atoms with Crippen LogP contribution in [0.1, 0.15) is 5.82 Å². The topological polar surface area (TPSA) is 69.0 Å². The van der Waals surface area contributed by atoms with Crippen molar-refractivity contribution < 1.29 is 13.9 Å². The Labute approximate surface area is 187 Å². The third kappa shape index (κ3) is 5.98. The molecule has 0 aliphatic heterocycles. The number of nitrogens with one attached hydrogen (secondary N) is 1. The maximum atomic E-state index is 13.2. The van der Waals surface area contributed by atoms with Crippen molar-refractivity contribution in [1.82, 2.24) is 14.8 Å². The molecule has 3 aromatic rings. The molecule has 3 rings (SSSR count). The van der Waals surface area contributed by atoms with Gasteiger partial charge in [0.05, 0.1) is 10.8 Å². The van der Waals surface area contributed by atoms with Gasteiger partial charge < -0.3 is 10.1 Å². The van der Waals surface area contributed by atoms with E-state index in [4.69, 9.17) is 27.9 Å². The summed E-state index contributed by atoms with van der Waals surface area (Å²) < 4.78 is 20.8. The molecule has 1 aromatic heterocycles. The number of ether oxygens (including phenoxy) is 1. The number of anilines is 1. The largest absolute Gasteiger partial charge is 0.486 e. The molecule has 0 radical (unpaired) electrons. The van der Waals surface area contributed by atoms with Crippen molar-refractivity contribution in [2.24, 2.45) is 0 Å². The lowest BCUT2D eigenvalue weighted by molar-refractivity contribution is -0.113. The second kappa shape index (κ2) is 10.5. The summed E-state index contributed by atoms with van der Waals surface area (Å²) >= 11 is 12.8. The Balaban J connectivity index is 1.60. The summed E-state index contributed by atoms with van der Waals surface area (Å²) in [5.74, 6) is 0.504. The summed E-state index contributed by atoms with van der Waals surface area (Å²) in [6.07, 6.45) is 1.71. The molecule has 6 nitrogen and oxygen atoms in total. The Hall–Kier alpha value is -2.55. The van der Waals surface area contributed by atoms with Gasteiger partial charge in [-0.3, -0.25) is 9.36 Å². The predicted octanol–water partition coefficient (Wildman–Crippen LogP) is 5.22. The Morgan fingerprint density at radius 2 is 2.00 bits per heavy atom. The van der Waals surface area contributed by atoms with Gasteiger partial charge in [0, 0.05) is 17.3 Å². The number of rotatable bonds is 9. The molecule has 1 amide bonds. The number of thioether (sulfide) groups is 1. The Morgan fingerprint density at radius 3 is 2.70 bits per heavy atom. The van der Waals surface area contributed by atoms with Crippen LogP contribution < -0.4 is 10.1 Å². The highest BCUT2D eigenvalue weighted by Crippen LogP contribution is 2.22. The molecule has 0 atom stereocenters. The molecule has 10 heteroatoms. The summed E-state index contributed by atoms with van der Waals surface area (Å²) in [5, 5.41) is 12.1. The maximum Gasteiger partial charge on any atom is 0.234 e. The fourth-order valence-corrected chi connectivity index (χ4v) is 3.50. The van der Waals surface area contributed by atoms with Gasteiger partial charge in [-0.2, -0.15) is 0 Å². The van der Waals surface area contributed by atoms with E-state index in [0.29, 0.717) is 34.0 Å². The van der Waals surface area contributed by atoms with Gasteiger partial charge in [-0.15, -0.1) is 16.8 Å². The number of hydrogen-bond acceptors (Lipinski definition) is 5. The summed E-state index contributed by atoms with van der Waals surface area (Å²) in [7, 11) is 0. The average molecular weight is 467 g/mol. The molecule has 2 aromatic carbocycles. The van der Waals surface area contributed by atoms with E-state index in [1.807, 2.05) is 4.57 Å². The molecule has 0 saturated carbocycles. The number of halogens is 3. The van der Waals surface area contributed by atoms with Crippen molar-refractivity contribution in [3.05, 3.63) is 76.8 Å². The smallest absolute Gasteiger partial charge is 0.234 e. The molecular weight excluding hydrogens is 450 g/mol. The van der Waals surface area contributed by atoms with Crippen LogP contribution in [0.25, 0.3) is 0 Å². The van der Waals surface area contributed by atoms with E-state index in [-0.39, 0.29) is 23.3 Å². The SMILES string of the molecule is C=CCn1c(COc2ccc(Cl)cc2)nnc1SCC(=O)Nc1ccc(F)c(Cl)c1. The lowest BCUT2D eigenvalue weighted by Crippen LogP contribution is -2.15. The molecule has 0 fully saturated rings. The number of aromatic nitrogens is 3. The highest BCUT2D eigenvalue weighted by molar-refractivity contribution is 7.99. The molecule has 1 heterocycles. The first-order chi connectivity index (χ1) is 14.5. The zero-order valence-corrected chi connectivity index (χ0v) is 18.0. The monoisotopic (exact) mass is 466 g/mol. The normalized spacial score (nSPS) is 10.6. The summed E-state index contributed by atoms with van der Waals surface area (Å²) in [5.41, 5.74) is 0.414. The first kappa shape index (κ1) is 22.1. The van der Waals surface area contributed by atoms with Gasteiger partial charge in [0.15, 0.2) is 11.0 Å². The molecule has 0 bridgehead atoms. The van der Waals surface area contributed by atoms with Gasteiger partial charge >= 0.3 is 0 Å². The molecule has 0 aliphatic carbocycles. The van der Waals surface area contributed by atoms with Crippen LogP contribution in [-0.2, 0) is 17.9 Å². The fourth-order valence-electron chi connectivity index (χ4n) is 2.42. The summed E-state index contributed by atoms with van der Waals surface area (Å²) in [6.45, 7) is 4.41. The van der Waals surface area contributed by atoms with Crippen molar-refractivity contribution in [1.29, 1.82) is 0 Å². The number of amides is 1. The zero-order valence-electron chi connectivity index (χ0n) is 15.6. The summed E-state index contributed by atoms with van der Waals surface area (Å²) in [6, 6.07) is 11.0. The van der Waals surface area contributed by atoms with Crippen LogP contribution in [0.2, 0.25) is 10.0 Å². The van der Waals surface area contributed by atoms with Crippen LogP contribution in [0, 0.1) is 5.82 Å². The number of carbonyl (C=O) groups is 1. The van der Waals surface area contributed by atoms with Crippen LogP contribution in [0.3, 0.4) is 0 Å². The molecular formula is C20H17Cl2FN4O2S. The molecule has 1 N–H and O–H groups in total. The Morgan fingerprint density at radius 1 is 1.23 bits per heavy atom. The summed E-state index contributed by atoms with van der Waals surface area (Å²) in [4.78, 5) is 12.2. The van der Waals surface area contributed by atoms with Gasteiger partial charge in [0.2, 0.25) is 5.91 Å². The van der Waals surface area contributed by atoms with Crippen molar-refractivity contribution in [2.45, 2.75) is 18.3 Å². The van der Waals surface area contributed by atoms with Gasteiger partial charge in [-0.1, -0.05) is 41.0 Å². The number of benzene rings is 2. The van der Waals surface area contributed by atoms with Crippen molar-refractivity contribution in [3.63, 3.8) is 0 Å². The Bertz CT molecular complexity index is 1040. The van der Waals surface area contributed by atoms with Crippen LogP contribution in [0.5, 0.6) is 5.75 Å². The van der Waals surface area contributed by atoms with Crippen molar-refractivity contribution in [3.8, 4) is 5.75 Å². The number of carbonyl (C=O) groups excluding carboxylic acids is 1. The molecule has 0 spiro atoms. The van der Waals surface area contributed by atoms with E-state index in [9.17, 15) is 9.18 Å². The lowest BCUT2D eigenvalue weighted by Gasteiger charge is -2.09. The van der Waals surface area contributed by atoms with Crippen LogP contribution in [0.4, 0.5) is 10.1 Å². The predicted molar refractivity (Wildman–Crippen MR) is 117 cm³/mol. The average Bonchev–Trinajstić information content (AvgIpc) is 3.11. The third-order valence-electron chi connectivity index (χ3n) is 3.82. The van der Waals surface area contributed by atoms with E-state index < -0.39 is 5.82 Å². The van der Waals surface area contributed by atoms with Crippen molar-refractivity contribution >= 4 is 46.6 Å². The molecule has 30 heavy (non-hydrogen) atoms. The minimum Gasteiger partial charge on any atom is -0.486 e. The van der Waals surface area contributed by atoms with E-state index in [1.54, 1.807) is 30.3 Å². The molecule has 156 valence electrons. The van der Waals surface area contributed by atoms with Crippen LogP contribution in [-0.4, -0.2) is 26.4 Å². The third-order valence-corrected chi connectivity index (χ3v) is 5.33. The van der Waals surface area contributed by atoms with E-state index >= 15 is 0 Å². The highest BCUT2D eigenvalue weighted by atomic mass is 35.5. The quantitative estimate of drug-likeness (QED) is 0.345. The Kier molecular flexibility index (Phi) is 7.73. The second-order valence-corrected chi connectivity index (χ2v) is 7.79. The standard InChI is InChI=1S/C20H17Cl2FN4O2S/c1-2-9-27-18(11-29-15-6-3-13(21)4-7-15)25-26-20(27)30-12-19(28)24-14-5-8-17(23)16(22)10-14/h2-8,10H,1,9,11-12H2,(H,24,28). The number of nitrogens with zero attached hydrogens (tertiary/aromatic N) is 3. The van der Waals surface area contributed by atoms with E-state index in [0.717, 1.165) is 0 Å². The first-order valence-electron chi connectivity index (χ1n) is 8.75. The highest BCUT2D eigenvalue weighted by Gasteiger charge is 2.14. The van der Waals surface area contributed by atoms with Gasteiger partial charge in [0.25, 0.3) is 0 Å². The van der Waals surface area contributed by atoms with Gasteiger partial charge in [-0.25, -0.2) is 4.39 Å². The molecule has 0 saturated heterocycles. The van der Waals surface area contributed by atoms with Gasteiger partial charge in [0.1, 0.15) is 18.2 Å². The maximum absolute atomic E-state index is 13.2. The van der Waals surface area contributed by atoms with Crippen LogP contribution in [0.15, 0.2) is 60.3 Å². The first-order valence-corrected chi connectivity index (χ1v) is 10.5. The zero-order chi connectivity index (χ0) is 21.5. The van der Waals surface area contributed by atoms with E-state index in [1.165, 1.54) is 30.0 Å². The molecule has 0 unspecified atom stereocenters. The van der Waals surface area contributed by atoms with Crippen molar-refractivity contribution in [2.75, 3.05) is 11.1 Å². The lowest BCUT2D eigenvalue weighted by atomic mass is 10.3. The fraction of sp³-hybridized carbons (Fsp3) is 0.150. The molecule has 0 aliphatic rings. The number of hydrogen-bond donors (Lipinski definition) is 1. The van der Waals surface area contributed by atoms with E-state index in [2.05, 4.69) is 22.1 Å². The number of allylic oxidation sites excluding steroid dienone is 1. The van der Waals surface area contributed by atoms with Crippen LogP contribution >= 0.6 is 35.0 Å².